The van der Waals surface area contributed by atoms with Crippen molar-refractivity contribution in [3.63, 3.8) is 0 Å². The maximum absolute atomic E-state index is 12.2. The number of carbonyl (C=O) groups excluding carboxylic acids is 2. The number of hydrogen-bond donors (Lipinski definition) is 0. The predicted molar refractivity (Wildman–Crippen MR) is 87.8 cm³/mol. The van der Waals surface area contributed by atoms with E-state index in [1.165, 1.54) is 12.8 Å². The number of rotatable bonds is 6. The van der Waals surface area contributed by atoms with Gasteiger partial charge in [0.1, 0.15) is 9.84 Å². The van der Waals surface area contributed by atoms with E-state index in [0.717, 1.165) is 25.9 Å². The summed E-state index contributed by atoms with van der Waals surface area (Å²) in [6.07, 6.45) is 4.16. The smallest absolute Gasteiger partial charge is 0.223 e. The molecule has 0 N–H and O–H groups in total. The third-order valence-electron chi connectivity index (χ3n) is 4.51. The SMILES string of the molecule is CS(=O)(=O)CCC(=O)N1CCN(C(=O)CCN2CCCC2)CC1. The molecular weight excluding hydrogens is 318 g/mol. The van der Waals surface area contributed by atoms with Gasteiger partial charge >= 0.3 is 0 Å². The van der Waals surface area contributed by atoms with Crippen LogP contribution in [0.5, 0.6) is 0 Å². The molecule has 2 fully saturated rings. The van der Waals surface area contributed by atoms with Crippen molar-refractivity contribution in [1.82, 2.24) is 14.7 Å². The summed E-state index contributed by atoms with van der Waals surface area (Å²) in [6, 6.07) is 0. The summed E-state index contributed by atoms with van der Waals surface area (Å²) in [4.78, 5) is 30.0. The fourth-order valence-corrected chi connectivity index (χ4v) is 3.60. The predicted octanol–water partition coefficient (Wildman–Crippen LogP) is -0.422. The van der Waals surface area contributed by atoms with Gasteiger partial charge in [-0.05, 0) is 25.9 Å². The lowest BCUT2D eigenvalue weighted by Gasteiger charge is -2.35. The lowest BCUT2D eigenvalue weighted by Crippen LogP contribution is -2.51. The fraction of sp³-hybridized carbons (Fsp3) is 0.867. The second-order valence-electron chi connectivity index (χ2n) is 6.44. The Labute approximate surface area is 138 Å². The Bertz CT molecular complexity index is 521. The number of piperazine rings is 1. The molecule has 2 amide bonds. The summed E-state index contributed by atoms with van der Waals surface area (Å²) in [5.74, 6) is -0.0967. The van der Waals surface area contributed by atoms with Gasteiger partial charge in [-0.25, -0.2) is 8.42 Å². The van der Waals surface area contributed by atoms with Crippen molar-refractivity contribution in [3.8, 4) is 0 Å². The average Bonchev–Trinajstić information content (AvgIpc) is 3.03. The summed E-state index contributed by atoms with van der Waals surface area (Å²) >= 11 is 0. The van der Waals surface area contributed by atoms with Crippen molar-refractivity contribution in [2.75, 3.05) is 57.8 Å². The van der Waals surface area contributed by atoms with Crippen LogP contribution in [0.1, 0.15) is 25.7 Å². The Hall–Kier alpha value is -1.15. The number of sulfone groups is 1. The van der Waals surface area contributed by atoms with Gasteiger partial charge in [-0.3, -0.25) is 9.59 Å². The van der Waals surface area contributed by atoms with Gasteiger partial charge in [0, 0.05) is 51.8 Å². The zero-order valence-electron chi connectivity index (χ0n) is 13.9. The quantitative estimate of drug-likeness (QED) is 0.653. The summed E-state index contributed by atoms with van der Waals surface area (Å²) in [5.41, 5.74) is 0. The first-order chi connectivity index (χ1) is 10.8. The molecule has 2 rings (SSSR count). The van der Waals surface area contributed by atoms with E-state index in [9.17, 15) is 18.0 Å². The fourth-order valence-electron chi connectivity index (χ4n) is 3.05. The molecule has 0 radical (unpaired) electrons. The van der Waals surface area contributed by atoms with E-state index in [4.69, 9.17) is 0 Å². The molecule has 0 bridgehead atoms. The van der Waals surface area contributed by atoms with E-state index in [2.05, 4.69) is 4.90 Å². The van der Waals surface area contributed by atoms with E-state index in [-0.39, 0.29) is 24.0 Å². The van der Waals surface area contributed by atoms with Gasteiger partial charge < -0.3 is 14.7 Å². The molecule has 2 aliphatic heterocycles. The number of likely N-dealkylation sites (tertiary alicyclic amines) is 1. The van der Waals surface area contributed by atoms with Crippen LogP contribution in [0, 0.1) is 0 Å². The third kappa shape index (κ3) is 6.10. The van der Waals surface area contributed by atoms with E-state index in [1.807, 2.05) is 4.90 Å². The lowest BCUT2D eigenvalue weighted by molar-refractivity contribution is -0.139. The molecule has 0 aliphatic carbocycles. The first kappa shape index (κ1) is 18.2. The Balaban J connectivity index is 1.68. The van der Waals surface area contributed by atoms with Crippen LogP contribution in [0.4, 0.5) is 0 Å². The first-order valence-electron chi connectivity index (χ1n) is 8.31. The standard InChI is InChI=1S/C15H27N3O4S/c1-23(21,22)13-5-15(20)18-11-9-17(10-12-18)14(19)4-8-16-6-2-3-7-16/h2-13H2,1H3. The summed E-state index contributed by atoms with van der Waals surface area (Å²) < 4.78 is 22.2. The molecule has 2 aliphatic rings. The highest BCUT2D eigenvalue weighted by Crippen LogP contribution is 2.10. The van der Waals surface area contributed by atoms with Crippen LogP contribution in [0.3, 0.4) is 0 Å². The van der Waals surface area contributed by atoms with Gasteiger partial charge in [0.25, 0.3) is 0 Å². The van der Waals surface area contributed by atoms with Crippen molar-refractivity contribution in [3.05, 3.63) is 0 Å². The van der Waals surface area contributed by atoms with Gasteiger partial charge in [0.15, 0.2) is 0 Å². The average molecular weight is 345 g/mol. The molecule has 0 saturated carbocycles. The van der Waals surface area contributed by atoms with Crippen molar-refractivity contribution >= 4 is 21.7 Å². The van der Waals surface area contributed by atoms with Crippen molar-refractivity contribution in [2.45, 2.75) is 25.7 Å². The van der Waals surface area contributed by atoms with E-state index in [0.29, 0.717) is 32.6 Å². The maximum atomic E-state index is 12.2. The monoisotopic (exact) mass is 345 g/mol. The first-order valence-corrected chi connectivity index (χ1v) is 10.4. The van der Waals surface area contributed by atoms with Crippen LogP contribution in [-0.4, -0.2) is 92.8 Å². The van der Waals surface area contributed by atoms with Gasteiger partial charge in [0.2, 0.25) is 11.8 Å². The molecule has 0 aromatic rings. The van der Waals surface area contributed by atoms with Crippen LogP contribution >= 0.6 is 0 Å². The van der Waals surface area contributed by atoms with Crippen LogP contribution in [0.25, 0.3) is 0 Å². The van der Waals surface area contributed by atoms with Crippen LogP contribution in [0.2, 0.25) is 0 Å². The van der Waals surface area contributed by atoms with Gasteiger partial charge in [-0.2, -0.15) is 0 Å². The Morgan fingerprint density at radius 3 is 1.78 bits per heavy atom. The number of hydrogen-bond acceptors (Lipinski definition) is 5. The minimum atomic E-state index is -3.11. The molecule has 7 nitrogen and oxygen atoms in total. The summed E-state index contributed by atoms with van der Waals surface area (Å²) in [5, 5.41) is 0. The molecule has 132 valence electrons. The van der Waals surface area contributed by atoms with Crippen LogP contribution in [-0.2, 0) is 19.4 Å². The minimum absolute atomic E-state index is 0.0295. The number of carbonyl (C=O) groups is 2. The normalized spacial score (nSPS) is 20.0. The van der Waals surface area contributed by atoms with E-state index < -0.39 is 9.84 Å². The lowest BCUT2D eigenvalue weighted by atomic mass is 10.2. The molecular formula is C15H27N3O4S. The van der Waals surface area contributed by atoms with Crippen molar-refractivity contribution in [1.29, 1.82) is 0 Å². The largest absolute Gasteiger partial charge is 0.339 e. The number of nitrogens with zero attached hydrogens (tertiary/aromatic N) is 3. The van der Waals surface area contributed by atoms with Gasteiger partial charge in [-0.15, -0.1) is 0 Å². The molecule has 0 aromatic heterocycles. The minimum Gasteiger partial charge on any atom is -0.339 e. The Kier molecular flexibility index (Phi) is 6.41. The van der Waals surface area contributed by atoms with Crippen molar-refractivity contribution in [2.24, 2.45) is 0 Å². The molecule has 2 heterocycles. The van der Waals surface area contributed by atoms with E-state index in [1.54, 1.807) is 4.90 Å². The molecule has 0 spiro atoms. The molecule has 0 atom stereocenters. The van der Waals surface area contributed by atoms with Gasteiger partial charge in [0.05, 0.1) is 5.75 Å². The molecule has 23 heavy (non-hydrogen) atoms. The highest BCUT2D eigenvalue weighted by molar-refractivity contribution is 7.90. The van der Waals surface area contributed by atoms with Crippen molar-refractivity contribution < 1.29 is 18.0 Å². The molecule has 2 saturated heterocycles. The number of amides is 2. The van der Waals surface area contributed by atoms with Crippen LogP contribution in [0.15, 0.2) is 0 Å². The topological polar surface area (TPSA) is 78.0 Å². The molecule has 0 aromatic carbocycles. The summed E-state index contributed by atoms with van der Waals surface area (Å²) in [6.45, 7) is 5.10. The Morgan fingerprint density at radius 1 is 0.826 bits per heavy atom. The maximum Gasteiger partial charge on any atom is 0.223 e. The Morgan fingerprint density at radius 2 is 1.30 bits per heavy atom. The zero-order chi connectivity index (χ0) is 16.9. The zero-order valence-corrected chi connectivity index (χ0v) is 14.7. The van der Waals surface area contributed by atoms with E-state index >= 15 is 0 Å². The van der Waals surface area contributed by atoms with Gasteiger partial charge in [-0.1, -0.05) is 0 Å². The highest BCUT2D eigenvalue weighted by Gasteiger charge is 2.25. The highest BCUT2D eigenvalue weighted by atomic mass is 32.2. The molecule has 8 heteroatoms. The van der Waals surface area contributed by atoms with Crippen LogP contribution < -0.4 is 0 Å². The second kappa shape index (κ2) is 8.10. The summed E-state index contributed by atoms with van der Waals surface area (Å²) in [7, 11) is -3.11. The molecule has 0 unspecified atom stereocenters. The third-order valence-corrected chi connectivity index (χ3v) is 5.46. The second-order valence-corrected chi connectivity index (χ2v) is 8.70.